The van der Waals surface area contributed by atoms with Crippen molar-refractivity contribution in [1.29, 1.82) is 0 Å². The first-order valence-corrected chi connectivity index (χ1v) is 4.06. The van der Waals surface area contributed by atoms with Crippen LogP contribution >= 0.6 is 9.24 Å². The molecule has 0 saturated carbocycles. The fraction of sp³-hybridized carbons (Fsp3) is 1.00. The van der Waals surface area contributed by atoms with Gasteiger partial charge in [0.05, 0.1) is 0 Å². The molecule has 0 aliphatic carbocycles. The normalized spacial score (nSPS) is 39.0. The Bertz CT molecular complexity index is 97.1. The van der Waals surface area contributed by atoms with Gasteiger partial charge in [0.25, 0.3) is 0 Å². The van der Waals surface area contributed by atoms with E-state index in [4.69, 9.17) is 5.73 Å². The first kappa shape index (κ1) is 7.46. The van der Waals surface area contributed by atoms with Crippen LogP contribution in [0.25, 0.3) is 0 Å². The Kier molecular flexibility index (Phi) is 2.45. The summed E-state index contributed by atoms with van der Waals surface area (Å²) < 4.78 is 0. The summed E-state index contributed by atoms with van der Waals surface area (Å²) in [5, 5.41) is 0. The van der Waals surface area contributed by atoms with E-state index in [-0.39, 0.29) is 0 Å². The molecular weight excluding hydrogens is 131 g/mol. The molecular formula is C6H15N2P. The summed E-state index contributed by atoms with van der Waals surface area (Å²) in [5.74, 6) is 0. The zero-order valence-corrected chi connectivity index (χ0v) is 7.03. The molecule has 9 heavy (non-hydrogen) atoms. The molecule has 2 nitrogen and oxygen atoms in total. The minimum absolute atomic E-state index is 0.409. The summed E-state index contributed by atoms with van der Waals surface area (Å²) >= 11 is 0. The lowest BCUT2D eigenvalue weighted by Gasteiger charge is -2.31. The molecule has 1 saturated heterocycles. The maximum Gasteiger partial charge on any atom is 0.0126 e. The van der Waals surface area contributed by atoms with Gasteiger partial charge < -0.3 is 10.6 Å². The number of piperidine rings is 1. The van der Waals surface area contributed by atoms with Gasteiger partial charge in [-0.3, -0.25) is 0 Å². The molecule has 1 rings (SSSR count). The molecule has 3 heteroatoms. The number of hydrogen-bond acceptors (Lipinski definition) is 2. The van der Waals surface area contributed by atoms with E-state index >= 15 is 0 Å². The highest BCUT2D eigenvalue weighted by atomic mass is 31.0. The maximum atomic E-state index is 5.79. The Balaban J connectivity index is 2.35. The van der Waals surface area contributed by atoms with Gasteiger partial charge in [0.1, 0.15) is 0 Å². The van der Waals surface area contributed by atoms with Crippen LogP contribution in [0.5, 0.6) is 0 Å². The van der Waals surface area contributed by atoms with Gasteiger partial charge in [-0.2, -0.15) is 0 Å². The van der Waals surface area contributed by atoms with Gasteiger partial charge in [-0.1, -0.05) is 0 Å². The Morgan fingerprint density at radius 3 is 2.78 bits per heavy atom. The summed E-state index contributed by atoms with van der Waals surface area (Å²) in [6, 6.07) is 0.409. The number of nitrogens with zero attached hydrogens (tertiary/aromatic N) is 1. The molecule has 2 N–H and O–H groups in total. The Morgan fingerprint density at radius 2 is 2.33 bits per heavy atom. The predicted molar refractivity (Wildman–Crippen MR) is 43.6 cm³/mol. The highest BCUT2D eigenvalue weighted by molar-refractivity contribution is 7.17. The first-order valence-electron chi connectivity index (χ1n) is 3.40. The molecule has 1 unspecified atom stereocenters. The van der Waals surface area contributed by atoms with Crippen molar-refractivity contribution in [2.24, 2.45) is 5.73 Å². The average molecular weight is 146 g/mol. The third-order valence-corrected chi connectivity index (χ3v) is 2.62. The van der Waals surface area contributed by atoms with Crippen LogP contribution in [0.1, 0.15) is 6.42 Å². The molecule has 54 valence electrons. The lowest BCUT2D eigenvalue weighted by molar-refractivity contribution is 0.263. The minimum Gasteiger partial charge on any atom is -0.327 e. The highest BCUT2D eigenvalue weighted by Gasteiger charge is 2.19. The molecule has 1 aliphatic heterocycles. The maximum absolute atomic E-state index is 5.79. The van der Waals surface area contributed by atoms with Crippen molar-refractivity contribution in [1.82, 2.24) is 4.90 Å². The monoisotopic (exact) mass is 146 g/mol. The third kappa shape index (κ3) is 1.89. The van der Waals surface area contributed by atoms with E-state index in [9.17, 15) is 0 Å². The lowest BCUT2D eigenvalue weighted by atomic mass is 10.1. The van der Waals surface area contributed by atoms with E-state index in [0.29, 0.717) is 11.7 Å². The largest absolute Gasteiger partial charge is 0.327 e. The zero-order chi connectivity index (χ0) is 6.85. The Hall–Kier alpha value is 0.350. The summed E-state index contributed by atoms with van der Waals surface area (Å²) in [6.45, 7) is 2.29. The van der Waals surface area contributed by atoms with E-state index < -0.39 is 0 Å². The Labute approximate surface area is 59.0 Å². The average Bonchev–Trinajstić information content (AvgIpc) is 1.80. The van der Waals surface area contributed by atoms with E-state index in [2.05, 4.69) is 21.2 Å². The number of hydrogen-bond donors (Lipinski definition) is 1. The van der Waals surface area contributed by atoms with Gasteiger partial charge in [-0.05, 0) is 20.0 Å². The predicted octanol–water partition coefficient (Wildman–Crippen LogP) is -0.107. The molecule has 0 radical (unpaired) electrons. The van der Waals surface area contributed by atoms with E-state index in [0.717, 1.165) is 19.5 Å². The second-order valence-electron chi connectivity index (χ2n) is 2.88. The van der Waals surface area contributed by atoms with Crippen LogP contribution in [0, 0.1) is 0 Å². The molecule has 1 fully saturated rings. The van der Waals surface area contributed by atoms with Gasteiger partial charge in [-0.25, -0.2) is 0 Å². The molecule has 1 aliphatic rings. The van der Waals surface area contributed by atoms with Crippen molar-refractivity contribution in [2.45, 2.75) is 18.1 Å². The Morgan fingerprint density at radius 1 is 1.67 bits per heavy atom. The highest BCUT2D eigenvalue weighted by Crippen LogP contribution is 2.14. The summed E-state index contributed by atoms with van der Waals surface area (Å²) in [6.07, 6.45) is 1.14. The van der Waals surface area contributed by atoms with Crippen molar-refractivity contribution >= 4 is 9.24 Å². The first-order chi connectivity index (χ1) is 4.20. The van der Waals surface area contributed by atoms with Gasteiger partial charge in [0, 0.05) is 18.2 Å². The topological polar surface area (TPSA) is 29.3 Å². The van der Waals surface area contributed by atoms with Crippen LogP contribution in [0.2, 0.25) is 0 Å². The number of likely N-dealkylation sites (tertiary alicyclic amines) is 1. The van der Waals surface area contributed by atoms with Gasteiger partial charge in [0.15, 0.2) is 0 Å². The van der Waals surface area contributed by atoms with Crippen LogP contribution in [0.15, 0.2) is 0 Å². The third-order valence-electron chi connectivity index (χ3n) is 1.92. The van der Waals surface area contributed by atoms with Crippen molar-refractivity contribution in [3.8, 4) is 0 Å². The lowest BCUT2D eigenvalue weighted by Crippen LogP contribution is -2.46. The van der Waals surface area contributed by atoms with Crippen LogP contribution in [-0.4, -0.2) is 36.7 Å². The van der Waals surface area contributed by atoms with Crippen molar-refractivity contribution in [3.05, 3.63) is 0 Å². The zero-order valence-electron chi connectivity index (χ0n) is 5.88. The molecule has 1 heterocycles. The molecule has 3 atom stereocenters. The van der Waals surface area contributed by atoms with Crippen LogP contribution < -0.4 is 5.73 Å². The second kappa shape index (κ2) is 2.96. The molecule has 0 aromatic heterocycles. The number of nitrogens with two attached hydrogens (primary N) is 1. The van der Waals surface area contributed by atoms with Crippen LogP contribution in [-0.2, 0) is 0 Å². The summed E-state index contributed by atoms with van der Waals surface area (Å²) in [4.78, 5) is 2.32. The standard InChI is InChI=1S/C6H15N2P/c1-8-3-2-5(7)6(9)4-8/h5-6H,2-4,7,9H2,1H3/t5-,6+/m1/s1. The van der Waals surface area contributed by atoms with Gasteiger partial charge in [-0.15, -0.1) is 9.24 Å². The van der Waals surface area contributed by atoms with Gasteiger partial charge >= 0.3 is 0 Å². The quantitative estimate of drug-likeness (QED) is 0.483. The van der Waals surface area contributed by atoms with E-state index in [1.807, 2.05) is 0 Å². The van der Waals surface area contributed by atoms with Crippen molar-refractivity contribution in [2.75, 3.05) is 20.1 Å². The van der Waals surface area contributed by atoms with Crippen molar-refractivity contribution < 1.29 is 0 Å². The van der Waals surface area contributed by atoms with Crippen LogP contribution in [0.4, 0.5) is 0 Å². The summed E-state index contributed by atoms with van der Waals surface area (Å²) in [5.41, 5.74) is 6.39. The second-order valence-corrected chi connectivity index (χ2v) is 3.73. The fourth-order valence-electron chi connectivity index (χ4n) is 1.17. The van der Waals surface area contributed by atoms with E-state index in [1.54, 1.807) is 0 Å². The fourth-order valence-corrected chi connectivity index (χ4v) is 1.72. The van der Waals surface area contributed by atoms with Gasteiger partial charge in [0.2, 0.25) is 0 Å². The summed E-state index contributed by atoms with van der Waals surface area (Å²) in [7, 11) is 4.94. The molecule has 0 bridgehead atoms. The molecule has 0 aromatic rings. The minimum atomic E-state index is 0.409. The number of rotatable bonds is 0. The molecule has 0 amide bonds. The molecule has 0 spiro atoms. The van der Waals surface area contributed by atoms with E-state index in [1.165, 1.54) is 0 Å². The SMILES string of the molecule is CN1CC[C@@H](N)[C@@H](P)C1. The van der Waals surface area contributed by atoms with Crippen molar-refractivity contribution in [3.63, 3.8) is 0 Å². The smallest absolute Gasteiger partial charge is 0.0126 e. The molecule has 0 aromatic carbocycles. The van der Waals surface area contributed by atoms with Crippen LogP contribution in [0.3, 0.4) is 0 Å².